The summed E-state index contributed by atoms with van der Waals surface area (Å²) in [6, 6.07) is 26.4. The van der Waals surface area contributed by atoms with E-state index in [9.17, 15) is 13.2 Å². The number of benzene rings is 4. The number of amides is 1. The first-order valence-electron chi connectivity index (χ1n) is 9.61. The van der Waals surface area contributed by atoms with E-state index in [0.717, 1.165) is 15.2 Å². The first kappa shape index (κ1) is 21.7. The Hall–Kier alpha value is -3.49. The molecule has 0 saturated heterocycles. The molecule has 0 aromatic heterocycles. The van der Waals surface area contributed by atoms with Crippen molar-refractivity contribution in [2.24, 2.45) is 5.10 Å². The third-order valence-corrected chi connectivity index (χ3v) is 6.39. The number of halogens is 1. The van der Waals surface area contributed by atoms with Crippen LogP contribution in [0.1, 0.15) is 15.9 Å². The summed E-state index contributed by atoms with van der Waals surface area (Å²) in [5.41, 5.74) is 1.82. The number of nitrogens with one attached hydrogen (secondary N) is 2. The molecule has 2 N–H and O–H groups in total. The maximum absolute atomic E-state index is 12.5. The number of hydrogen-bond acceptors (Lipinski definition) is 4. The van der Waals surface area contributed by atoms with Gasteiger partial charge in [-0.1, -0.05) is 64.5 Å². The van der Waals surface area contributed by atoms with Gasteiger partial charge in [-0.3, -0.25) is 4.79 Å². The fourth-order valence-corrected chi connectivity index (χ4v) is 4.27. The molecule has 32 heavy (non-hydrogen) atoms. The van der Waals surface area contributed by atoms with Crippen molar-refractivity contribution in [1.29, 1.82) is 0 Å². The smallest absolute Gasteiger partial charge is 0.276 e. The standard InChI is InChI=1S/C24H18BrN3O3S/c25-21-7-3-6-20(14-21)24(29)27-22-11-8-17(9-12-22)16-26-28-32(30,31)23-13-10-18-4-1-2-5-19(18)15-23/h1-16,28H,(H,27,29). The van der Waals surface area contributed by atoms with E-state index in [4.69, 9.17) is 0 Å². The van der Waals surface area contributed by atoms with Crippen LogP contribution in [0.2, 0.25) is 0 Å². The van der Waals surface area contributed by atoms with Crippen LogP contribution in [0.5, 0.6) is 0 Å². The normalized spacial score (nSPS) is 11.5. The second-order valence-electron chi connectivity index (χ2n) is 6.95. The lowest BCUT2D eigenvalue weighted by molar-refractivity contribution is 0.102. The molecule has 0 radical (unpaired) electrons. The Labute approximate surface area is 194 Å². The molecule has 0 bridgehead atoms. The van der Waals surface area contributed by atoms with Crippen LogP contribution in [0.4, 0.5) is 5.69 Å². The second-order valence-corrected chi connectivity index (χ2v) is 9.52. The van der Waals surface area contributed by atoms with Gasteiger partial charge < -0.3 is 5.32 Å². The van der Waals surface area contributed by atoms with Crippen LogP contribution in [0.25, 0.3) is 10.8 Å². The Morgan fingerprint density at radius 1 is 0.844 bits per heavy atom. The molecule has 4 rings (SSSR count). The van der Waals surface area contributed by atoms with Gasteiger partial charge in [0.25, 0.3) is 15.9 Å². The van der Waals surface area contributed by atoms with E-state index in [0.29, 0.717) is 16.8 Å². The van der Waals surface area contributed by atoms with E-state index in [1.807, 2.05) is 30.3 Å². The molecule has 4 aromatic rings. The minimum absolute atomic E-state index is 0.138. The zero-order valence-electron chi connectivity index (χ0n) is 16.7. The van der Waals surface area contributed by atoms with E-state index in [2.05, 4.69) is 31.2 Å². The maximum Gasteiger partial charge on any atom is 0.276 e. The fraction of sp³-hybridized carbons (Fsp3) is 0. The summed E-state index contributed by atoms with van der Waals surface area (Å²) in [6.45, 7) is 0. The highest BCUT2D eigenvalue weighted by atomic mass is 79.9. The van der Waals surface area contributed by atoms with Gasteiger partial charge in [0.15, 0.2) is 0 Å². The molecule has 6 nitrogen and oxygen atoms in total. The van der Waals surface area contributed by atoms with Gasteiger partial charge in [-0.05, 0) is 58.8 Å². The first-order valence-corrected chi connectivity index (χ1v) is 11.9. The summed E-state index contributed by atoms with van der Waals surface area (Å²) in [5, 5.41) is 8.47. The monoisotopic (exact) mass is 507 g/mol. The zero-order chi connectivity index (χ0) is 22.6. The number of sulfonamides is 1. The van der Waals surface area contributed by atoms with Gasteiger partial charge in [0, 0.05) is 15.7 Å². The number of rotatable bonds is 6. The molecule has 0 aliphatic carbocycles. The molecule has 8 heteroatoms. The minimum Gasteiger partial charge on any atom is -0.322 e. The topological polar surface area (TPSA) is 87.6 Å². The lowest BCUT2D eigenvalue weighted by atomic mass is 10.1. The molecule has 0 fully saturated rings. The largest absolute Gasteiger partial charge is 0.322 e. The van der Waals surface area contributed by atoms with Gasteiger partial charge in [0.1, 0.15) is 0 Å². The van der Waals surface area contributed by atoms with Crippen molar-refractivity contribution < 1.29 is 13.2 Å². The molecule has 160 valence electrons. The van der Waals surface area contributed by atoms with Crippen LogP contribution in [0.3, 0.4) is 0 Å². The molecule has 0 aliphatic heterocycles. The van der Waals surface area contributed by atoms with Crippen LogP contribution in [0.15, 0.2) is 105 Å². The number of hydrogen-bond donors (Lipinski definition) is 2. The fourth-order valence-electron chi connectivity index (χ4n) is 3.04. The van der Waals surface area contributed by atoms with Gasteiger partial charge in [-0.15, -0.1) is 0 Å². The summed E-state index contributed by atoms with van der Waals surface area (Å²) < 4.78 is 25.9. The minimum atomic E-state index is -3.79. The van der Waals surface area contributed by atoms with Crippen molar-refractivity contribution in [2.45, 2.75) is 4.90 Å². The number of hydrazone groups is 1. The quantitative estimate of drug-likeness (QED) is 0.278. The number of fused-ring (bicyclic) bond motifs is 1. The molecular weight excluding hydrogens is 490 g/mol. The molecule has 0 unspecified atom stereocenters. The van der Waals surface area contributed by atoms with Gasteiger partial charge in [0.2, 0.25) is 0 Å². The van der Waals surface area contributed by atoms with Crippen LogP contribution < -0.4 is 10.1 Å². The molecule has 0 saturated carbocycles. The van der Waals surface area contributed by atoms with Crippen molar-refractivity contribution in [3.63, 3.8) is 0 Å². The third-order valence-electron chi connectivity index (χ3n) is 4.67. The zero-order valence-corrected chi connectivity index (χ0v) is 19.1. The number of nitrogens with zero attached hydrogens (tertiary/aromatic N) is 1. The number of anilines is 1. The molecule has 0 spiro atoms. The summed E-state index contributed by atoms with van der Waals surface area (Å²) >= 11 is 3.35. The third kappa shape index (κ3) is 5.22. The summed E-state index contributed by atoms with van der Waals surface area (Å²) in [7, 11) is -3.79. The van der Waals surface area contributed by atoms with Gasteiger partial charge in [-0.25, -0.2) is 4.83 Å². The van der Waals surface area contributed by atoms with Crippen LogP contribution in [-0.2, 0) is 10.0 Å². The Morgan fingerprint density at radius 2 is 1.59 bits per heavy atom. The molecule has 0 aliphatic rings. The Balaban J connectivity index is 1.40. The summed E-state index contributed by atoms with van der Waals surface area (Å²) in [4.78, 5) is 14.7. The molecular formula is C24H18BrN3O3S. The van der Waals surface area contributed by atoms with E-state index in [-0.39, 0.29) is 10.8 Å². The first-order chi connectivity index (χ1) is 15.4. The predicted octanol–water partition coefficient (Wildman–Crippen LogP) is 5.17. The second kappa shape index (κ2) is 9.33. The number of carbonyl (C=O) groups is 1. The van der Waals surface area contributed by atoms with Crippen molar-refractivity contribution in [1.82, 2.24) is 4.83 Å². The predicted molar refractivity (Wildman–Crippen MR) is 130 cm³/mol. The van der Waals surface area contributed by atoms with Gasteiger partial charge >= 0.3 is 0 Å². The molecule has 4 aromatic carbocycles. The van der Waals surface area contributed by atoms with Gasteiger partial charge in [0.05, 0.1) is 11.1 Å². The van der Waals surface area contributed by atoms with Crippen molar-refractivity contribution in [2.75, 3.05) is 5.32 Å². The molecule has 0 atom stereocenters. The highest BCUT2D eigenvalue weighted by molar-refractivity contribution is 9.10. The molecule has 1 amide bonds. The highest BCUT2D eigenvalue weighted by Gasteiger charge is 2.13. The lowest BCUT2D eigenvalue weighted by Crippen LogP contribution is -2.18. The number of carbonyl (C=O) groups excluding carboxylic acids is 1. The maximum atomic E-state index is 12.5. The average Bonchev–Trinajstić information content (AvgIpc) is 2.80. The highest BCUT2D eigenvalue weighted by Crippen LogP contribution is 2.19. The van der Waals surface area contributed by atoms with E-state index >= 15 is 0 Å². The van der Waals surface area contributed by atoms with Crippen molar-refractivity contribution in [3.8, 4) is 0 Å². The van der Waals surface area contributed by atoms with Crippen molar-refractivity contribution >= 4 is 54.5 Å². The average molecular weight is 508 g/mol. The van der Waals surface area contributed by atoms with Crippen molar-refractivity contribution in [3.05, 3.63) is 107 Å². The van der Waals surface area contributed by atoms with Crippen LogP contribution >= 0.6 is 15.9 Å². The summed E-state index contributed by atoms with van der Waals surface area (Å²) in [6.07, 6.45) is 1.40. The SMILES string of the molecule is O=C(Nc1ccc(C=NNS(=O)(=O)c2ccc3ccccc3c2)cc1)c1cccc(Br)c1. The Kier molecular flexibility index (Phi) is 6.34. The van der Waals surface area contributed by atoms with E-state index < -0.39 is 10.0 Å². The Bertz CT molecular complexity index is 1420. The lowest BCUT2D eigenvalue weighted by Gasteiger charge is -2.06. The molecule has 0 heterocycles. The van der Waals surface area contributed by atoms with Crippen LogP contribution in [0, 0.1) is 0 Å². The van der Waals surface area contributed by atoms with E-state index in [1.54, 1.807) is 60.7 Å². The Morgan fingerprint density at radius 3 is 2.34 bits per heavy atom. The van der Waals surface area contributed by atoms with E-state index in [1.165, 1.54) is 6.21 Å². The van der Waals surface area contributed by atoms with Crippen LogP contribution in [-0.4, -0.2) is 20.5 Å². The summed E-state index contributed by atoms with van der Waals surface area (Å²) in [5.74, 6) is -0.226. The van der Waals surface area contributed by atoms with Gasteiger partial charge in [-0.2, -0.15) is 13.5 Å².